The van der Waals surface area contributed by atoms with Crippen molar-refractivity contribution in [1.82, 2.24) is 4.90 Å². The van der Waals surface area contributed by atoms with Crippen molar-refractivity contribution in [3.05, 3.63) is 23.8 Å². The smallest absolute Gasteiger partial charge is 0.320 e. The second kappa shape index (κ2) is 8.20. The molecule has 1 fully saturated rings. The van der Waals surface area contributed by atoms with Crippen LogP contribution in [-0.2, 0) is 11.3 Å². The summed E-state index contributed by atoms with van der Waals surface area (Å²) in [6.07, 6.45) is 1.66. The van der Waals surface area contributed by atoms with Gasteiger partial charge in [0, 0.05) is 6.54 Å². The fourth-order valence-corrected chi connectivity index (χ4v) is 2.82. The van der Waals surface area contributed by atoms with E-state index in [1.54, 1.807) is 0 Å². The highest BCUT2D eigenvalue weighted by atomic mass is 16.5. The van der Waals surface area contributed by atoms with Gasteiger partial charge in [-0.15, -0.1) is 0 Å². The van der Waals surface area contributed by atoms with Gasteiger partial charge in [-0.05, 0) is 49.9 Å². The quantitative estimate of drug-likeness (QED) is 0.797. The maximum Gasteiger partial charge on any atom is 0.320 e. The second-order valence-corrected chi connectivity index (χ2v) is 6.39. The lowest BCUT2D eigenvalue weighted by atomic mass is 10.1. The van der Waals surface area contributed by atoms with E-state index in [0.717, 1.165) is 36.4 Å². The normalized spacial score (nSPS) is 18.3. The van der Waals surface area contributed by atoms with Crippen LogP contribution in [0, 0.1) is 5.92 Å². The molecular formula is C18H27NO4. The summed E-state index contributed by atoms with van der Waals surface area (Å²) < 4.78 is 11.5. The van der Waals surface area contributed by atoms with Gasteiger partial charge in [-0.1, -0.05) is 19.9 Å². The van der Waals surface area contributed by atoms with Crippen molar-refractivity contribution < 1.29 is 19.4 Å². The van der Waals surface area contributed by atoms with Gasteiger partial charge in [0.1, 0.15) is 6.04 Å². The molecule has 23 heavy (non-hydrogen) atoms. The molecule has 0 spiro atoms. The maximum atomic E-state index is 11.3. The molecular weight excluding hydrogens is 294 g/mol. The number of carbonyl (C=O) groups is 1. The lowest BCUT2D eigenvalue weighted by Gasteiger charge is -2.22. The Labute approximate surface area is 138 Å². The van der Waals surface area contributed by atoms with Crippen molar-refractivity contribution in [2.45, 2.75) is 46.2 Å². The number of likely N-dealkylation sites (tertiary alicyclic amines) is 1. The largest absolute Gasteiger partial charge is 0.490 e. The molecule has 128 valence electrons. The van der Waals surface area contributed by atoms with Crippen LogP contribution in [0.5, 0.6) is 11.5 Å². The summed E-state index contributed by atoms with van der Waals surface area (Å²) in [5.74, 6) is 1.20. The van der Waals surface area contributed by atoms with Crippen molar-refractivity contribution >= 4 is 5.97 Å². The van der Waals surface area contributed by atoms with E-state index < -0.39 is 5.97 Å². The van der Waals surface area contributed by atoms with Gasteiger partial charge in [-0.3, -0.25) is 9.69 Å². The predicted octanol–water partition coefficient (Wildman–Crippen LogP) is 3.17. The van der Waals surface area contributed by atoms with Crippen molar-refractivity contribution in [3.8, 4) is 11.5 Å². The number of hydrogen-bond donors (Lipinski definition) is 1. The van der Waals surface area contributed by atoms with E-state index in [9.17, 15) is 9.90 Å². The zero-order chi connectivity index (χ0) is 16.8. The average molecular weight is 321 g/mol. The Bertz CT molecular complexity index is 530. The van der Waals surface area contributed by atoms with Crippen molar-refractivity contribution in [2.24, 2.45) is 5.92 Å². The second-order valence-electron chi connectivity index (χ2n) is 6.39. The molecule has 1 aromatic rings. The third-order valence-electron chi connectivity index (χ3n) is 3.91. The third kappa shape index (κ3) is 4.86. The van der Waals surface area contributed by atoms with Crippen molar-refractivity contribution in [1.29, 1.82) is 0 Å². The molecule has 1 aliphatic heterocycles. The summed E-state index contributed by atoms with van der Waals surface area (Å²) in [7, 11) is 0. The molecule has 5 heteroatoms. The maximum absolute atomic E-state index is 11.3. The molecule has 1 N–H and O–H groups in total. The Kier molecular flexibility index (Phi) is 6.28. The van der Waals surface area contributed by atoms with Crippen LogP contribution in [0.1, 0.15) is 39.2 Å². The molecule has 1 saturated heterocycles. The summed E-state index contributed by atoms with van der Waals surface area (Å²) in [5, 5.41) is 9.28. The third-order valence-corrected chi connectivity index (χ3v) is 3.91. The van der Waals surface area contributed by atoms with E-state index in [4.69, 9.17) is 9.47 Å². The molecule has 0 saturated carbocycles. The molecule has 1 aliphatic rings. The SMILES string of the molecule is CCOc1cc(CN2CCC[C@H]2C(=O)O)ccc1OCC(C)C. The van der Waals surface area contributed by atoms with Crippen molar-refractivity contribution in [2.75, 3.05) is 19.8 Å². The molecule has 0 unspecified atom stereocenters. The number of hydrogen-bond acceptors (Lipinski definition) is 4. The number of aliphatic carboxylic acids is 1. The number of benzene rings is 1. The monoisotopic (exact) mass is 321 g/mol. The van der Waals surface area contributed by atoms with Crippen LogP contribution in [-0.4, -0.2) is 41.8 Å². The lowest BCUT2D eigenvalue weighted by molar-refractivity contribution is -0.142. The first-order valence-electron chi connectivity index (χ1n) is 8.36. The molecule has 2 rings (SSSR count). The molecule has 5 nitrogen and oxygen atoms in total. The predicted molar refractivity (Wildman–Crippen MR) is 89.0 cm³/mol. The van der Waals surface area contributed by atoms with Gasteiger partial charge >= 0.3 is 5.97 Å². The average Bonchev–Trinajstić information content (AvgIpc) is 2.95. The van der Waals surface area contributed by atoms with Crippen LogP contribution in [0.25, 0.3) is 0 Å². The minimum Gasteiger partial charge on any atom is -0.490 e. The van der Waals surface area contributed by atoms with Crippen LogP contribution >= 0.6 is 0 Å². The molecule has 0 aliphatic carbocycles. The molecule has 0 radical (unpaired) electrons. The van der Waals surface area contributed by atoms with E-state index in [-0.39, 0.29) is 6.04 Å². The Hall–Kier alpha value is -1.75. The van der Waals surface area contributed by atoms with Gasteiger partial charge < -0.3 is 14.6 Å². The Morgan fingerprint density at radius 2 is 2.13 bits per heavy atom. The molecule has 1 atom stereocenters. The standard InChI is InChI=1S/C18H27NO4/c1-4-22-17-10-14(7-8-16(17)23-12-13(2)3)11-19-9-5-6-15(19)18(20)21/h7-8,10,13,15H,4-6,9,11-12H2,1-3H3,(H,20,21)/t15-/m0/s1. The van der Waals surface area contributed by atoms with E-state index >= 15 is 0 Å². The van der Waals surface area contributed by atoms with E-state index in [2.05, 4.69) is 13.8 Å². The van der Waals surface area contributed by atoms with E-state index in [1.165, 1.54) is 0 Å². The molecule has 0 amide bonds. The minimum absolute atomic E-state index is 0.373. The van der Waals surface area contributed by atoms with Crippen LogP contribution in [0.4, 0.5) is 0 Å². The Morgan fingerprint density at radius 3 is 2.78 bits per heavy atom. The number of ether oxygens (including phenoxy) is 2. The van der Waals surface area contributed by atoms with Gasteiger partial charge in [0.2, 0.25) is 0 Å². The molecule has 1 aromatic carbocycles. The summed E-state index contributed by atoms with van der Waals surface area (Å²) in [5.41, 5.74) is 1.05. The lowest BCUT2D eigenvalue weighted by Crippen LogP contribution is -2.35. The molecule has 0 aromatic heterocycles. The first-order valence-corrected chi connectivity index (χ1v) is 8.36. The highest BCUT2D eigenvalue weighted by Gasteiger charge is 2.30. The van der Waals surface area contributed by atoms with Gasteiger partial charge in [0.05, 0.1) is 13.2 Å². The van der Waals surface area contributed by atoms with Crippen LogP contribution in [0.15, 0.2) is 18.2 Å². The number of carboxylic acid groups (broad SMARTS) is 1. The number of rotatable bonds is 8. The first kappa shape index (κ1) is 17.6. The Morgan fingerprint density at radius 1 is 1.35 bits per heavy atom. The van der Waals surface area contributed by atoms with Gasteiger partial charge in [0.25, 0.3) is 0 Å². The summed E-state index contributed by atoms with van der Waals surface area (Å²) in [6.45, 7) is 8.83. The van der Waals surface area contributed by atoms with Crippen LogP contribution in [0.2, 0.25) is 0 Å². The fourth-order valence-electron chi connectivity index (χ4n) is 2.82. The zero-order valence-corrected chi connectivity index (χ0v) is 14.2. The molecule has 1 heterocycles. The topological polar surface area (TPSA) is 59.0 Å². The number of carboxylic acids is 1. The highest BCUT2D eigenvalue weighted by molar-refractivity contribution is 5.73. The number of nitrogens with zero attached hydrogens (tertiary/aromatic N) is 1. The van der Waals surface area contributed by atoms with Gasteiger partial charge in [-0.2, -0.15) is 0 Å². The van der Waals surface area contributed by atoms with Crippen LogP contribution < -0.4 is 9.47 Å². The summed E-state index contributed by atoms with van der Waals surface area (Å²) in [6, 6.07) is 5.52. The first-order chi connectivity index (χ1) is 11.0. The van der Waals surface area contributed by atoms with E-state index in [1.807, 2.05) is 30.0 Å². The molecule has 0 bridgehead atoms. The van der Waals surface area contributed by atoms with E-state index in [0.29, 0.717) is 25.7 Å². The minimum atomic E-state index is -0.732. The Balaban J connectivity index is 2.10. The van der Waals surface area contributed by atoms with Crippen molar-refractivity contribution in [3.63, 3.8) is 0 Å². The van der Waals surface area contributed by atoms with Gasteiger partial charge in [-0.25, -0.2) is 0 Å². The summed E-state index contributed by atoms with van der Waals surface area (Å²) in [4.78, 5) is 13.3. The van der Waals surface area contributed by atoms with Crippen LogP contribution in [0.3, 0.4) is 0 Å². The van der Waals surface area contributed by atoms with Gasteiger partial charge in [0.15, 0.2) is 11.5 Å². The highest BCUT2D eigenvalue weighted by Crippen LogP contribution is 2.30. The zero-order valence-electron chi connectivity index (χ0n) is 14.2. The summed E-state index contributed by atoms with van der Waals surface area (Å²) >= 11 is 0. The fraction of sp³-hybridized carbons (Fsp3) is 0.611.